The zero-order valence-corrected chi connectivity index (χ0v) is 10.4. The van der Waals surface area contributed by atoms with Crippen LogP contribution in [0.1, 0.15) is 10.4 Å². The molecule has 0 amide bonds. The summed E-state index contributed by atoms with van der Waals surface area (Å²) in [5, 5.41) is 8.98. The Kier molecular flexibility index (Phi) is 2.83. The highest BCUT2D eigenvalue weighted by molar-refractivity contribution is 5.92. The molecule has 5 nitrogen and oxygen atoms in total. The van der Waals surface area contributed by atoms with E-state index in [2.05, 4.69) is 4.98 Å². The van der Waals surface area contributed by atoms with E-state index in [4.69, 9.17) is 5.11 Å². The topological polar surface area (TPSA) is 75.1 Å². The Bertz CT molecular complexity index is 928. The van der Waals surface area contributed by atoms with Crippen molar-refractivity contribution >= 4 is 17.0 Å². The first-order valence-corrected chi connectivity index (χ1v) is 5.91. The van der Waals surface area contributed by atoms with Gasteiger partial charge in [-0.3, -0.25) is 4.57 Å². The maximum Gasteiger partial charge on any atom is 0.335 e. The molecule has 3 rings (SSSR count). The van der Waals surface area contributed by atoms with Gasteiger partial charge >= 0.3 is 11.7 Å². The van der Waals surface area contributed by atoms with Crippen molar-refractivity contribution in [1.82, 2.24) is 9.55 Å². The van der Waals surface area contributed by atoms with Crippen LogP contribution in [0.25, 0.3) is 16.7 Å². The number of aromatic nitrogens is 2. The zero-order valence-electron chi connectivity index (χ0n) is 10.4. The van der Waals surface area contributed by atoms with E-state index >= 15 is 0 Å². The Balaban J connectivity index is 2.35. The summed E-state index contributed by atoms with van der Waals surface area (Å²) in [5.74, 6) is -2.86. The van der Waals surface area contributed by atoms with Gasteiger partial charge in [-0.1, -0.05) is 0 Å². The second kappa shape index (κ2) is 4.55. The monoisotopic (exact) mass is 290 g/mol. The summed E-state index contributed by atoms with van der Waals surface area (Å²) in [6.45, 7) is 0. The number of nitrogens with one attached hydrogen (secondary N) is 1. The third-order valence-corrected chi connectivity index (χ3v) is 3.08. The number of fused-ring (bicyclic) bond motifs is 1. The lowest BCUT2D eigenvalue weighted by Crippen LogP contribution is -2.16. The van der Waals surface area contributed by atoms with Crippen molar-refractivity contribution in [3.63, 3.8) is 0 Å². The van der Waals surface area contributed by atoms with Gasteiger partial charge in [0.1, 0.15) is 11.6 Å². The lowest BCUT2D eigenvalue weighted by molar-refractivity contribution is 0.0697. The number of carbonyl (C=O) groups is 1. The largest absolute Gasteiger partial charge is 0.478 e. The van der Waals surface area contributed by atoms with Crippen LogP contribution < -0.4 is 5.69 Å². The predicted octanol–water partition coefficient (Wildman–Crippen LogP) is 2.30. The van der Waals surface area contributed by atoms with Gasteiger partial charge in [0, 0.05) is 6.07 Å². The van der Waals surface area contributed by atoms with Crippen LogP contribution in [0.5, 0.6) is 0 Å². The highest BCUT2D eigenvalue weighted by Crippen LogP contribution is 2.20. The van der Waals surface area contributed by atoms with E-state index < -0.39 is 23.3 Å². The molecule has 0 saturated carbocycles. The summed E-state index contributed by atoms with van der Waals surface area (Å²) in [5.41, 5.74) is -0.287. The van der Waals surface area contributed by atoms with Crippen LogP contribution in [0, 0.1) is 11.6 Å². The van der Waals surface area contributed by atoms with E-state index in [0.29, 0.717) is 11.6 Å². The van der Waals surface area contributed by atoms with Crippen molar-refractivity contribution < 1.29 is 18.7 Å². The molecule has 3 aromatic rings. The van der Waals surface area contributed by atoms with Gasteiger partial charge in [-0.2, -0.15) is 0 Å². The second-order valence-corrected chi connectivity index (χ2v) is 4.40. The van der Waals surface area contributed by atoms with Crippen molar-refractivity contribution in [3.05, 3.63) is 64.1 Å². The molecule has 0 unspecified atom stereocenters. The van der Waals surface area contributed by atoms with E-state index in [0.717, 1.165) is 16.7 Å². The molecule has 2 aromatic carbocycles. The molecule has 7 heteroatoms. The fraction of sp³-hybridized carbons (Fsp3) is 0. The van der Waals surface area contributed by atoms with Gasteiger partial charge in [0.2, 0.25) is 0 Å². The zero-order chi connectivity index (χ0) is 15.1. The number of rotatable bonds is 2. The summed E-state index contributed by atoms with van der Waals surface area (Å²) in [6, 6.07) is 6.78. The number of hydrogen-bond donors (Lipinski definition) is 2. The molecule has 21 heavy (non-hydrogen) atoms. The van der Waals surface area contributed by atoms with E-state index in [1.807, 2.05) is 0 Å². The van der Waals surface area contributed by atoms with Crippen molar-refractivity contribution in [2.75, 3.05) is 0 Å². The predicted molar refractivity (Wildman–Crippen MR) is 70.8 cm³/mol. The summed E-state index contributed by atoms with van der Waals surface area (Å²) in [7, 11) is 0. The second-order valence-electron chi connectivity index (χ2n) is 4.40. The molecular formula is C14H8F2N2O3. The third kappa shape index (κ3) is 2.08. The SMILES string of the molecule is O=C(O)c1ccc2[nH]c(=O)n(-c3ccc(F)cc3F)c2c1. The Morgan fingerprint density at radius 3 is 2.57 bits per heavy atom. The van der Waals surface area contributed by atoms with Crippen LogP contribution in [0.2, 0.25) is 0 Å². The smallest absolute Gasteiger partial charge is 0.335 e. The van der Waals surface area contributed by atoms with Gasteiger partial charge in [-0.15, -0.1) is 0 Å². The molecule has 1 heterocycles. The third-order valence-electron chi connectivity index (χ3n) is 3.08. The van der Waals surface area contributed by atoms with Gasteiger partial charge in [0.05, 0.1) is 22.3 Å². The first kappa shape index (κ1) is 13.0. The minimum absolute atomic E-state index is 0.0437. The molecule has 106 valence electrons. The summed E-state index contributed by atoms with van der Waals surface area (Å²) in [6.07, 6.45) is 0. The van der Waals surface area contributed by atoms with Crippen molar-refractivity contribution in [2.24, 2.45) is 0 Å². The normalized spacial score (nSPS) is 11.0. The number of carboxylic acids is 1. The molecular weight excluding hydrogens is 282 g/mol. The highest BCUT2D eigenvalue weighted by Gasteiger charge is 2.15. The number of carboxylic acid groups (broad SMARTS) is 1. The first-order valence-electron chi connectivity index (χ1n) is 5.91. The lowest BCUT2D eigenvalue weighted by atomic mass is 10.2. The quantitative estimate of drug-likeness (QED) is 0.760. The summed E-state index contributed by atoms with van der Waals surface area (Å²) < 4.78 is 27.8. The van der Waals surface area contributed by atoms with Crippen molar-refractivity contribution in [1.29, 1.82) is 0 Å². The standard InChI is InChI=1S/C14H8F2N2O3/c15-8-2-4-11(9(16)6-8)18-12-5-7(13(19)20)1-3-10(12)17-14(18)21/h1-6H,(H,17,21)(H,19,20). The number of H-pyrrole nitrogens is 1. The van der Waals surface area contributed by atoms with Gasteiger partial charge in [-0.05, 0) is 30.3 Å². The summed E-state index contributed by atoms with van der Waals surface area (Å²) >= 11 is 0. The van der Waals surface area contributed by atoms with E-state index in [9.17, 15) is 18.4 Å². The average molecular weight is 290 g/mol. The number of imidazole rings is 1. The van der Waals surface area contributed by atoms with Gasteiger partial charge < -0.3 is 10.1 Å². The Morgan fingerprint density at radius 1 is 1.14 bits per heavy atom. The molecule has 0 aliphatic rings. The van der Waals surface area contributed by atoms with Gasteiger partial charge in [0.15, 0.2) is 0 Å². The molecule has 0 saturated heterocycles. The molecule has 1 aromatic heterocycles. The minimum atomic E-state index is -1.17. The van der Waals surface area contributed by atoms with E-state index in [-0.39, 0.29) is 16.8 Å². The van der Waals surface area contributed by atoms with Crippen LogP contribution in [0.3, 0.4) is 0 Å². The van der Waals surface area contributed by atoms with Crippen molar-refractivity contribution in [2.45, 2.75) is 0 Å². The lowest BCUT2D eigenvalue weighted by Gasteiger charge is -2.05. The maximum atomic E-state index is 13.9. The Morgan fingerprint density at radius 2 is 1.90 bits per heavy atom. The Hall–Kier alpha value is -2.96. The van der Waals surface area contributed by atoms with Crippen LogP contribution in [0.4, 0.5) is 8.78 Å². The fourth-order valence-corrected chi connectivity index (χ4v) is 2.14. The number of hydrogen-bond acceptors (Lipinski definition) is 2. The van der Waals surface area contributed by atoms with Crippen LogP contribution in [-0.2, 0) is 0 Å². The van der Waals surface area contributed by atoms with Crippen LogP contribution in [0.15, 0.2) is 41.2 Å². The van der Waals surface area contributed by atoms with Crippen LogP contribution >= 0.6 is 0 Å². The first-order chi connectivity index (χ1) is 9.97. The number of benzene rings is 2. The van der Waals surface area contributed by atoms with Crippen LogP contribution in [-0.4, -0.2) is 20.6 Å². The van der Waals surface area contributed by atoms with Crippen molar-refractivity contribution in [3.8, 4) is 5.69 Å². The average Bonchev–Trinajstić information content (AvgIpc) is 2.74. The molecule has 0 bridgehead atoms. The van der Waals surface area contributed by atoms with E-state index in [1.165, 1.54) is 18.2 Å². The molecule has 0 aliphatic carbocycles. The van der Waals surface area contributed by atoms with E-state index in [1.54, 1.807) is 0 Å². The van der Waals surface area contributed by atoms with Gasteiger partial charge in [-0.25, -0.2) is 18.4 Å². The fourth-order valence-electron chi connectivity index (χ4n) is 2.14. The Labute approximate surface area is 116 Å². The highest BCUT2D eigenvalue weighted by atomic mass is 19.1. The molecule has 0 fully saturated rings. The molecule has 0 atom stereocenters. The number of nitrogens with zero attached hydrogens (tertiary/aromatic N) is 1. The number of halogens is 2. The maximum absolute atomic E-state index is 13.9. The number of aromatic amines is 1. The summed E-state index contributed by atoms with van der Waals surface area (Å²) in [4.78, 5) is 25.4. The molecule has 0 spiro atoms. The minimum Gasteiger partial charge on any atom is -0.478 e. The molecule has 2 N–H and O–H groups in total. The number of aromatic carboxylic acids is 1. The molecule has 0 aliphatic heterocycles. The van der Waals surface area contributed by atoms with Gasteiger partial charge in [0.25, 0.3) is 0 Å². The molecule has 0 radical (unpaired) electrons.